The Kier molecular flexibility index (Phi) is 4.89. The Hall–Kier alpha value is -2.37. The van der Waals surface area contributed by atoms with Crippen molar-refractivity contribution in [3.05, 3.63) is 23.8 Å². The van der Waals surface area contributed by atoms with E-state index in [0.717, 1.165) is 24.3 Å². The summed E-state index contributed by atoms with van der Waals surface area (Å²) in [5, 5.41) is 8.54. The first-order valence-electron chi connectivity index (χ1n) is 10.3. The molecule has 0 spiro atoms. The third-order valence-electron chi connectivity index (χ3n) is 6.62. The Balaban J connectivity index is 1.48. The predicted molar refractivity (Wildman–Crippen MR) is 108 cm³/mol. The summed E-state index contributed by atoms with van der Waals surface area (Å²) in [5.41, 5.74) is 1.71. The second kappa shape index (κ2) is 7.22. The molecule has 5 rings (SSSR count). The van der Waals surface area contributed by atoms with Crippen LogP contribution in [0.4, 0.5) is 11.4 Å². The molecule has 0 atom stereocenters. The summed E-state index contributed by atoms with van der Waals surface area (Å²) in [6, 6.07) is 4.96. The zero-order chi connectivity index (χ0) is 19.9. The van der Waals surface area contributed by atoms with Crippen LogP contribution in [0.2, 0.25) is 0 Å². The van der Waals surface area contributed by atoms with Crippen molar-refractivity contribution in [2.75, 3.05) is 17.2 Å². The molecule has 4 saturated carbocycles. The van der Waals surface area contributed by atoms with Crippen LogP contribution in [0, 0.1) is 23.2 Å². The van der Waals surface area contributed by atoms with Gasteiger partial charge < -0.3 is 16.0 Å². The maximum atomic E-state index is 12.9. The van der Waals surface area contributed by atoms with Crippen LogP contribution in [-0.2, 0) is 9.59 Å². The van der Waals surface area contributed by atoms with E-state index in [4.69, 9.17) is 0 Å². The Morgan fingerprint density at radius 1 is 0.857 bits per heavy atom. The summed E-state index contributed by atoms with van der Waals surface area (Å²) in [4.78, 5) is 35.7. The second-order valence-electron chi connectivity index (χ2n) is 9.26. The lowest BCUT2D eigenvalue weighted by Gasteiger charge is -2.56. The van der Waals surface area contributed by atoms with Crippen molar-refractivity contribution in [1.82, 2.24) is 5.32 Å². The van der Waals surface area contributed by atoms with E-state index in [-0.39, 0.29) is 23.1 Å². The molecule has 3 N–H and O–H groups in total. The van der Waals surface area contributed by atoms with Gasteiger partial charge in [-0.25, -0.2) is 0 Å². The molecule has 4 aliphatic rings. The van der Waals surface area contributed by atoms with Gasteiger partial charge >= 0.3 is 0 Å². The van der Waals surface area contributed by atoms with E-state index in [1.807, 2.05) is 0 Å². The molecule has 0 unspecified atom stereocenters. The molecular weight excluding hydrogens is 354 g/mol. The molecule has 4 bridgehead atoms. The number of carbonyl (C=O) groups excluding carboxylic acids is 3. The van der Waals surface area contributed by atoms with E-state index in [1.165, 1.54) is 52.4 Å². The van der Waals surface area contributed by atoms with Gasteiger partial charge in [0.1, 0.15) is 0 Å². The monoisotopic (exact) mass is 383 g/mol. The summed E-state index contributed by atoms with van der Waals surface area (Å²) in [5.74, 6) is 1.93. The van der Waals surface area contributed by atoms with Crippen LogP contribution in [0.1, 0.15) is 62.7 Å². The number of hydrogen-bond acceptors (Lipinski definition) is 3. The summed E-state index contributed by atoms with van der Waals surface area (Å²) in [6.07, 6.45) is 7.86. The Morgan fingerprint density at radius 3 is 1.75 bits per heavy atom. The van der Waals surface area contributed by atoms with Gasteiger partial charge in [-0.05, 0) is 79.9 Å². The van der Waals surface area contributed by atoms with Gasteiger partial charge in [0.25, 0.3) is 5.91 Å². The predicted octanol–water partition coefficient (Wildman–Crippen LogP) is 3.55. The molecule has 0 radical (unpaired) electrons. The fraction of sp³-hybridized carbons (Fsp3) is 0.591. The SMILES string of the molecule is CC(=O)Nc1cc(NC(C)=O)cc(C(=O)NCC23CC4CC(CC(C4)C2)C3)c1. The van der Waals surface area contributed by atoms with Crippen LogP contribution >= 0.6 is 0 Å². The van der Waals surface area contributed by atoms with Gasteiger partial charge in [-0.1, -0.05) is 0 Å². The van der Waals surface area contributed by atoms with E-state index >= 15 is 0 Å². The molecule has 0 saturated heterocycles. The topological polar surface area (TPSA) is 87.3 Å². The van der Waals surface area contributed by atoms with Gasteiger partial charge in [-0.2, -0.15) is 0 Å². The smallest absolute Gasteiger partial charge is 0.251 e. The molecule has 4 aliphatic carbocycles. The normalized spacial score (nSPS) is 30.0. The number of rotatable bonds is 5. The van der Waals surface area contributed by atoms with Gasteiger partial charge in [0.05, 0.1) is 0 Å². The fourth-order valence-corrected chi connectivity index (χ4v) is 6.19. The Morgan fingerprint density at radius 2 is 1.32 bits per heavy atom. The van der Waals surface area contributed by atoms with Crippen LogP contribution in [0.15, 0.2) is 18.2 Å². The average molecular weight is 383 g/mol. The Labute approximate surface area is 165 Å². The third-order valence-corrected chi connectivity index (χ3v) is 6.62. The van der Waals surface area contributed by atoms with Gasteiger partial charge in [0.15, 0.2) is 0 Å². The number of hydrogen-bond donors (Lipinski definition) is 3. The average Bonchev–Trinajstić information content (AvgIpc) is 2.57. The van der Waals surface area contributed by atoms with Crippen molar-refractivity contribution in [3.63, 3.8) is 0 Å². The molecule has 150 valence electrons. The van der Waals surface area contributed by atoms with E-state index in [9.17, 15) is 14.4 Å². The first-order chi connectivity index (χ1) is 13.3. The first kappa shape index (κ1) is 19.0. The van der Waals surface area contributed by atoms with Crippen molar-refractivity contribution in [2.24, 2.45) is 23.2 Å². The minimum Gasteiger partial charge on any atom is -0.351 e. The standard InChI is InChI=1S/C22H29N3O3/c1-13(26)24-19-6-18(7-20(8-19)25-14(2)27)21(28)23-12-22-9-15-3-16(10-22)5-17(4-15)11-22/h6-8,15-17H,3-5,9-12H2,1-2H3,(H,23,28)(H,24,26)(H,25,27). The Bertz CT molecular complexity index is 748. The molecule has 4 fully saturated rings. The molecule has 6 nitrogen and oxygen atoms in total. The van der Waals surface area contributed by atoms with E-state index in [2.05, 4.69) is 16.0 Å². The highest BCUT2D eigenvalue weighted by molar-refractivity contribution is 5.99. The minimum absolute atomic E-state index is 0.158. The van der Waals surface area contributed by atoms with E-state index < -0.39 is 0 Å². The van der Waals surface area contributed by atoms with Crippen LogP contribution in [0.5, 0.6) is 0 Å². The highest BCUT2D eigenvalue weighted by Gasteiger charge is 2.50. The maximum absolute atomic E-state index is 12.9. The summed E-state index contributed by atoms with van der Waals surface area (Å²) in [6.45, 7) is 3.55. The first-order valence-corrected chi connectivity index (χ1v) is 10.3. The largest absolute Gasteiger partial charge is 0.351 e. The van der Waals surface area contributed by atoms with Crippen molar-refractivity contribution in [1.29, 1.82) is 0 Å². The fourth-order valence-electron chi connectivity index (χ4n) is 6.19. The maximum Gasteiger partial charge on any atom is 0.251 e. The molecular formula is C22H29N3O3. The molecule has 0 aliphatic heterocycles. The molecule has 0 heterocycles. The van der Waals surface area contributed by atoms with Crippen LogP contribution in [0.3, 0.4) is 0 Å². The lowest BCUT2D eigenvalue weighted by atomic mass is 9.49. The minimum atomic E-state index is -0.222. The second-order valence-corrected chi connectivity index (χ2v) is 9.26. The van der Waals surface area contributed by atoms with Crippen LogP contribution < -0.4 is 16.0 Å². The van der Waals surface area contributed by atoms with Crippen molar-refractivity contribution >= 4 is 29.1 Å². The molecule has 28 heavy (non-hydrogen) atoms. The van der Waals surface area contributed by atoms with E-state index in [1.54, 1.807) is 18.2 Å². The summed E-state index contributed by atoms with van der Waals surface area (Å²) >= 11 is 0. The zero-order valence-electron chi connectivity index (χ0n) is 16.6. The zero-order valence-corrected chi connectivity index (χ0v) is 16.6. The van der Waals surface area contributed by atoms with Gasteiger partial charge in [0.2, 0.25) is 11.8 Å². The highest BCUT2D eigenvalue weighted by Crippen LogP contribution is 2.59. The van der Waals surface area contributed by atoms with Gasteiger partial charge in [0, 0.05) is 37.3 Å². The van der Waals surface area contributed by atoms with Crippen molar-refractivity contribution < 1.29 is 14.4 Å². The summed E-state index contributed by atoms with van der Waals surface area (Å²) < 4.78 is 0. The quantitative estimate of drug-likeness (QED) is 0.727. The summed E-state index contributed by atoms with van der Waals surface area (Å²) in [7, 11) is 0. The van der Waals surface area contributed by atoms with Crippen molar-refractivity contribution in [3.8, 4) is 0 Å². The van der Waals surface area contributed by atoms with Crippen LogP contribution in [-0.4, -0.2) is 24.3 Å². The van der Waals surface area contributed by atoms with Gasteiger partial charge in [-0.3, -0.25) is 14.4 Å². The number of anilines is 2. The molecule has 0 aromatic heterocycles. The van der Waals surface area contributed by atoms with Crippen LogP contribution in [0.25, 0.3) is 0 Å². The number of carbonyl (C=O) groups is 3. The molecule has 3 amide bonds. The van der Waals surface area contributed by atoms with Gasteiger partial charge in [-0.15, -0.1) is 0 Å². The third kappa shape index (κ3) is 4.05. The number of amides is 3. The molecule has 1 aromatic rings. The lowest BCUT2D eigenvalue weighted by Crippen LogP contribution is -2.51. The molecule has 6 heteroatoms. The number of nitrogens with one attached hydrogen (secondary N) is 3. The highest BCUT2D eigenvalue weighted by atomic mass is 16.2. The molecule has 1 aromatic carbocycles. The van der Waals surface area contributed by atoms with Crippen molar-refractivity contribution in [2.45, 2.75) is 52.4 Å². The lowest BCUT2D eigenvalue weighted by molar-refractivity contribution is -0.115. The van der Waals surface area contributed by atoms with E-state index in [0.29, 0.717) is 16.9 Å². The number of benzene rings is 1.